The molecule has 2 aromatic rings. The zero-order valence-corrected chi connectivity index (χ0v) is 12.7. The molecule has 1 unspecified atom stereocenters. The number of unbranched alkanes of at least 4 members (excludes halogenated alkanes) is 1. The number of aryl methyl sites for hydroxylation is 1. The van der Waals surface area contributed by atoms with Crippen LogP contribution in [0.5, 0.6) is 0 Å². The van der Waals surface area contributed by atoms with Crippen LogP contribution in [0.1, 0.15) is 41.8 Å². The summed E-state index contributed by atoms with van der Waals surface area (Å²) < 4.78 is 5.92. The first-order chi connectivity index (χ1) is 8.72. The van der Waals surface area contributed by atoms with Crippen LogP contribution in [-0.4, -0.2) is 0 Å². The van der Waals surface area contributed by atoms with E-state index < -0.39 is 0 Å². The molecule has 0 aliphatic carbocycles. The summed E-state index contributed by atoms with van der Waals surface area (Å²) in [5.41, 5.74) is 3.44. The Balaban J connectivity index is 2.12. The zero-order valence-electron chi connectivity index (χ0n) is 10.3. The van der Waals surface area contributed by atoms with E-state index in [0.29, 0.717) is 4.67 Å². The van der Waals surface area contributed by atoms with Crippen molar-refractivity contribution in [2.24, 2.45) is 0 Å². The fraction of sp³-hybridized carbons (Fsp3) is 0.333. The van der Waals surface area contributed by atoms with Crippen molar-refractivity contribution in [1.29, 1.82) is 0 Å². The summed E-state index contributed by atoms with van der Waals surface area (Å²) in [7, 11) is 0. The lowest BCUT2D eigenvalue weighted by atomic mass is 10.0. The monoisotopic (exact) mass is 326 g/mol. The molecule has 0 spiro atoms. The molecule has 0 saturated heterocycles. The second-order valence-corrected chi connectivity index (χ2v) is 5.51. The summed E-state index contributed by atoms with van der Waals surface area (Å²) >= 11 is 9.81. The third kappa shape index (κ3) is 3.18. The minimum absolute atomic E-state index is 0.168. The lowest BCUT2D eigenvalue weighted by Gasteiger charge is -2.09. The highest BCUT2D eigenvalue weighted by Gasteiger charge is 2.15. The van der Waals surface area contributed by atoms with Crippen LogP contribution in [-0.2, 0) is 6.42 Å². The Bertz CT molecular complexity index is 489. The predicted octanol–water partition coefficient (Wildman–Crippen LogP) is 5.71. The first-order valence-corrected chi connectivity index (χ1v) is 7.41. The molecule has 1 aromatic carbocycles. The number of furan rings is 1. The van der Waals surface area contributed by atoms with Crippen LogP contribution in [0.2, 0.25) is 0 Å². The molecular formula is C15H16BrClO. The molecule has 0 bridgehead atoms. The molecule has 0 fully saturated rings. The highest BCUT2D eigenvalue weighted by Crippen LogP contribution is 2.34. The molecule has 1 nitrogen and oxygen atoms in total. The van der Waals surface area contributed by atoms with Crippen LogP contribution >= 0.6 is 27.5 Å². The molecule has 0 N–H and O–H groups in total. The molecule has 0 aliphatic rings. The predicted molar refractivity (Wildman–Crippen MR) is 79.2 cm³/mol. The Morgan fingerprint density at radius 1 is 1.22 bits per heavy atom. The Labute approximate surface area is 121 Å². The summed E-state index contributed by atoms with van der Waals surface area (Å²) in [6.45, 7) is 2.21. The van der Waals surface area contributed by atoms with Gasteiger partial charge >= 0.3 is 0 Å². The van der Waals surface area contributed by atoms with Gasteiger partial charge < -0.3 is 4.42 Å². The number of hydrogen-bond donors (Lipinski definition) is 0. The highest BCUT2D eigenvalue weighted by molar-refractivity contribution is 9.10. The van der Waals surface area contributed by atoms with Crippen molar-refractivity contribution in [1.82, 2.24) is 0 Å². The quantitative estimate of drug-likeness (QED) is 0.641. The molecule has 0 radical (unpaired) electrons. The molecule has 1 aromatic heterocycles. The van der Waals surface area contributed by atoms with Crippen LogP contribution in [0, 0.1) is 0 Å². The van der Waals surface area contributed by atoms with Crippen LogP contribution in [0.25, 0.3) is 0 Å². The maximum atomic E-state index is 6.44. The van der Waals surface area contributed by atoms with Crippen LogP contribution < -0.4 is 0 Å². The Kier molecular flexibility index (Phi) is 4.90. The van der Waals surface area contributed by atoms with Gasteiger partial charge in [-0.3, -0.25) is 0 Å². The number of benzene rings is 1. The molecule has 96 valence electrons. The van der Waals surface area contributed by atoms with Gasteiger partial charge in [0.1, 0.15) is 0 Å². The standard InChI is InChI=1S/C15H16BrClO/c1-2-3-4-11-5-7-12(8-6-11)14(17)13-9-10-18-15(13)16/h5-10,14H,2-4H2,1H3. The van der Waals surface area contributed by atoms with Gasteiger partial charge in [-0.05, 0) is 46.0 Å². The van der Waals surface area contributed by atoms with Crippen molar-refractivity contribution in [3.8, 4) is 0 Å². The maximum absolute atomic E-state index is 6.44. The van der Waals surface area contributed by atoms with E-state index in [2.05, 4.69) is 47.1 Å². The average molecular weight is 328 g/mol. The molecule has 0 aliphatic heterocycles. The van der Waals surface area contributed by atoms with Crippen molar-refractivity contribution < 1.29 is 4.42 Å². The van der Waals surface area contributed by atoms with Gasteiger partial charge in [-0.25, -0.2) is 0 Å². The van der Waals surface area contributed by atoms with Crippen LogP contribution in [0.4, 0.5) is 0 Å². The van der Waals surface area contributed by atoms with E-state index in [0.717, 1.165) is 17.5 Å². The first kappa shape index (κ1) is 13.7. The van der Waals surface area contributed by atoms with Gasteiger partial charge in [0, 0.05) is 5.56 Å². The van der Waals surface area contributed by atoms with Gasteiger partial charge in [0.05, 0.1) is 11.6 Å². The average Bonchev–Trinajstić information content (AvgIpc) is 2.82. The fourth-order valence-corrected chi connectivity index (χ4v) is 2.82. The van der Waals surface area contributed by atoms with Gasteiger partial charge in [0.25, 0.3) is 0 Å². The summed E-state index contributed by atoms with van der Waals surface area (Å²) in [4.78, 5) is 0. The normalized spacial score (nSPS) is 12.6. The van der Waals surface area contributed by atoms with E-state index in [1.807, 2.05) is 6.07 Å². The summed E-state index contributed by atoms with van der Waals surface area (Å²) in [6, 6.07) is 10.4. The third-order valence-corrected chi connectivity index (χ3v) is 4.14. The number of rotatable bonds is 5. The van der Waals surface area contributed by atoms with Gasteiger partial charge in [-0.1, -0.05) is 37.6 Å². The van der Waals surface area contributed by atoms with Crippen molar-refractivity contribution in [2.75, 3.05) is 0 Å². The van der Waals surface area contributed by atoms with Crippen molar-refractivity contribution in [3.05, 3.63) is 58.0 Å². The summed E-state index contributed by atoms with van der Waals surface area (Å²) in [5.74, 6) is 0. The van der Waals surface area contributed by atoms with Crippen LogP contribution in [0.3, 0.4) is 0 Å². The third-order valence-electron chi connectivity index (χ3n) is 3.01. The topological polar surface area (TPSA) is 13.1 Å². The molecule has 18 heavy (non-hydrogen) atoms. The number of alkyl halides is 1. The second-order valence-electron chi connectivity index (χ2n) is 4.36. The van der Waals surface area contributed by atoms with E-state index in [-0.39, 0.29) is 5.38 Å². The fourth-order valence-electron chi connectivity index (χ4n) is 1.90. The zero-order chi connectivity index (χ0) is 13.0. The second kappa shape index (κ2) is 6.44. The molecule has 1 heterocycles. The van der Waals surface area contributed by atoms with E-state index in [9.17, 15) is 0 Å². The minimum atomic E-state index is -0.168. The summed E-state index contributed by atoms with van der Waals surface area (Å²) in [6.07, 6.45) is 5.24. The van der Waals surface area contributed by atoms with Crippen molar-refractivity contribution in [2.45, 2.75) is 31.6 Å². The van der Waals surface area contributed by atoms with Gasteiger partial charge in [-0.15, -0.1) is 11.6 Å². The molecule has 0 amide bonds. The van der Waals surface area contributed by atoms with Gasteiger partial charge in [-0.2, -0.15) is 0 Å². The summed E-state index contributed by atoms with van der Waals surface area (Å²) in [5, 5.41) is -0.168. The number of halogens is 2. The Hall–Kier alpha value is -0.730. The Morgan fingerprint density at radius 2 is 1.94 bits per heavy atom. The molecular weight excluding hydrogens is 312 g/mol. The van der Waals surface area contributed by atoms with E-state index in [1.165, 1.54) is 18.4 Å². The van der Waals surface area contributed by atoms with E-state index >= 15 is 0 Å². The van der Waals surface area contributed by atoms with Gasteiger partial charge in [0.15, 0.2) is 4.67 Å². The van der Waals surface area contributed by atoms with Crippen molar-refractivity contribution in [3.63, 3.8) is 0 Å². The molecule has 3 heteroatoms. The minimum Gasteiger partial charge on any atom is -0.457 e. The number of hydrogen-bond acceptors (Lipinski definition) is 1. The van der Waals surface area contributed by atoms with Crippen LogP contribution in [0.15, 0.2) is 45.7 Å². The lowest BCUT2D eigenvalue weighted by Crippen LogP contribution is -1.93. The van der Waals surface area contributed by atoms with Crippen molar-refractivity contribution >= 4 is 27.5 Å². The maximum Gasteiger partial charge on any atom is 0.173 e. The molecule has 1 atom stereocenters. The largest absolute Gasteiger partial charge is 0.457 e. The smallest absolute Gasteiger partial charge is 0.173 e. The first-order valence-electron chi connectivity index (χ1n) is 6.18. The lowest BCUT2D eigenvalue weighted by molar-refractivity contribution is 0.537. The highest BCUT2D eigenvalue weighted by atomic mass is 79.9. The Morgan fingerprint density at radius 3 is 2.50 bits per heavy atom. The van der Waals surface area contributed by atoms with Gasteiger partial charge in [0.2, 0.25) is 0 Å². The SMILES string of the molecule is CCCCc1ccc(C(Cl)c2ccoc2Br)cc1. The van der Waals surface area contributed by atoms with E-state index in [4.69, 9.17) is 16.0 Å². The molecule has 2 rings (SSSR count). The van der Waals surface area contributed by atoms with E-state index in [1.54, 1.807) is 6.26 Å². The molecule has 0 saturated carbocycles.